The van der Waals surface area contributed by atoms with E-state index in [1.807, 2.05) is 84.9 Å². The van der Waals surface area contributed by atoms with E-state index < -0.39 is 0 Å². The zero-order valence-electron chi connectivity index (χ0n) is 17.3. The van der Waals surface area contributed by atoms with Gasteiger partial charge in [-0.1, -0.05) is 92.5 Å². The molecule has 3 nitrogen and oxygen atoms in total. The Bertz CT molecular complexity index is 1030. The molecule has 4 rings (SSSR count). The third kappa shape index (κ3) is 5.05. The molecule has 4 atom stereocenters. The first-order chi connectivity index (χ1) is 15.7. The predicted octanol–water partition coefficient (Wildman–Crippen LogP) is 7.19. The van der Waals surface area contributed by atoms with Crippen LogP contribution in [0, 0.1) is 0 Å². The predicted molar refractivity (Wildman–Crippen MR) is 135 cm³/mol. The molecule has 0 saturated heterocycles. The van der Waals surface area contributed by atoms with Crippen LogP contribution < -0.4 is 0 Å². The van der Waals surface area contributed by atoms with E-state index in [0.29, 0.717) is 0 Å². The van der Waals surface area contributed by atoms with Crippen molar-refractivity contribution in [2.75, 3.05) is 0 Å². The molecule has 0 N–H and O–H groups in total. The molecule has 0 aliphatic rings. The number of Topliss-reactive ketones (excluding diaryl/α,β-unsaturated/α-hetero) is 1. The zero-order chi connectivity index (χ0) is 22.3. The van der Waals surface area contributed by atoms with Gasteiger partial charge in [0.05, 0.1) is 21.5 Å². The second kappa shape index (κ2) is 10.8. The number of benzene rings is 2. The summed E-state index contributed by atoms with van der Waals surface area (Å²) in [6.07, 6.45) is 7.04. The highest BCUT2D eigenvalue weighted by Gasteiger charge is 2.38. The molecule has 4 unspecified atom stereocenters. The van der Waals surface area contributed by atoms with Crippen LogP contribution in [0.5, 0.6) is 0 Å². The average molecular weight is 550 g/mol. The van der Waals surface area contributed by atoms with Gasteiger partial charge in [-0.3, -0.25) is 14.8 Å². The lowest BCUT2D eigenvalue weighted by atomic mass is 9.78. The Morgan fingerprint density at radius 1 is 0.531 bits per heavy atom. The number of halogens is 2. The Hall–Kier alpha value is -2.63. The molecule has 0 amide bonds. The lowest BCUT2D eigenvalue weighted by Crippen LogP contribution is -2.26. The van der Waals surface area contributed by atoms with Crippen molar-refractivity contribution in [3.05, 3.63) is 132 Å². The summed E-state index contributed by atoms with van der Waals surface area (Å²) < 4.78 is 0. The van der Waals surface area contributed by atoms with Crippen molar-refractivity contribution in [1.29, 1.82) is 0 Å². The van der Waals surface area contributed by atoms with Crippen LogP contribution in [0.1, 0.15) is 43.7 Å². The molecular formula is C27H22Br2N2O. The van der Waals surface area contributed by atoms with Gasteiger partial charge >= 0.3 is 0 Å². The van der Waals surface area contributed by atoms with Crippen LogP contribution in [-0.4, -0.2) is 15.8 Å². The molecule has 0 fully saturated rings. The summed E-state index contributed by atoms with van der Waals surface area (Å²) >= 11 is 7.72. The van der Waals surface area contributed by atoms with Gasteiger partial charge in [0.25, 0.3) is 0 Å². The van der Waals surface area contributed by atoms with Gasteiger partial charge in [-0.05, 0) is 46.5 Å². The molecule has 2 aromatic carbocycles. The fourth-order valence-electron chi connectivity index (χ4n) is 3.95. The normalized spacial score (nSPS) is 14.8. The maximum atomic E-state index is 14.4. The highest BCUT2D eigenvalue weighted by Crippen LogP contribution is 2.46. The molecule has 160 valence electrons. The van der Waals surface area contributed by atoms with Crippen LogP contribution in [0.2, 0.25) is 0 Å². The van der Waals surface area contributed by atoms with Gasteiger partial charge in [-0.15, -0.1) is 0 Å². The second-order valence-corrected chi connectivity index (χ2v) is 9.52. The van der Waals surface area contributed by atoms with Crippen LogP contribution in [0.25, 0.3) is 0 Å². The summed E-state index contributed by atoms with van der Waals surface area (Å²) in [6.45, 7) is 0. The minimum absolute atomic E-state index is 0.139. The van der Waals surface area contributed by atoms with Gasteiger partial charge in [0.2, 0.25) is 0 Å². The summed E-state index contributed by atoms with van der Waals surface area (Å²) in [5.74, 6) is -0.629. The van der Waals surface area contributed by atoms with Crippen molar-refractivity contribution in [1.82, 2.24) is 9.97 Å². The van der Waals surface area contributed by atoms with Crippen molar-refractivity contribution in [2.45, 2.75) is 21.5 Å². The van der Waals surface area contributed by atoms with E-state index in [0.717, 1.165) is 22.3 Å². The Morgan fingerprint density at radius 2 is 0.875 bits per heavy atom. The zero-order valence-corrected chi connectivity index (χ0v) is 20.4. The van der Waals surface area contributed by atoms with Crippen molar-refractivity contribution in [3.63, 3.8) is 0 Å². The summed E-state index contributed by atoms with van der Waals surface area (Å²) in [6, 6.07) is 27.8. The van der Waals surface area contributed by atoms with E-state index >= 15 is 0 Å². The fourth-order valence-corrected chi connectivity index (χ4v) is 5.69. The van der Waals surface area contributed by atoms with Crippen molar-refractivity contribution in [3.8, 4) is 0 Å². The van der Waals surface area contributed by atoms with Gasteiger partial charge in [-0.25, -0.2) is 0 Å². The van der Waals surface area contributed by atoms with Crippen LogP contribution in [0.4, 0.5) is 0 Å². The summed E-state index contributed by atoms with van der Waals surface area (Å²) in [4.78, 5) is 22.3. The van der Waals surface area contributed by atoms with Gasteiger partial charge < -0.3 is 0 Å². The molecule has 0 saturated carbocycles. The number of alkyl halides is 2. The maximum Gasteiger partial charge on any atom is 0.150 e. The largest absolute Gasteiger partial charge is 0.298 e. The number of carbonyl (C=O) groups is 1. The van der Waals surface area contributed by atoms with E-state index in [-0.39, 0.29) is 27.3 Å². The van der Waals surface area contributed by atoms with Crippen molar-refractivity contribution < 1.29 is 4.79 Å². The van der Waals surface area contributed by atoms with E-state index in [2.05, 4.69) is 41.8 Å². The molecule has 0 radical (unpaired) electrons. The fraction of sp³-hybridized carbons (Fsp3) is 0.148. The molecule has 32 heavy (non-hydrogen) atoms. The number of pyridine rings is 2. The van der Waals surface area contributed by atoms with Gasteiger partial charge in [0.1, 0.15) is 0 Å². The summed E-state index contributed by atoms with van der Waals surface area (Å²) in [5.41, 5.74) is 3.99. The molecule has 0 bridgehead atoms. The van der Waals surface area contributed by atoms with Gasteiger partial charge in [0, 0.05) is 24.8 Å². The van der Waals surface area contributed by atoms with E-state index in [9.17, 15) is 4.79 Å². The highest BCUT2D eigenvalue weighted by atomic mass is 79.9. The number of aromatic nitrogens is 2. The minimum atomic E-state index is -0.384. The molecule has 5 heteroatoms. The van der Waals surface area contributed by atoms with E-state index in [1.165, 1.54) is 0 Å². The Labute approximate surface area is 205 Å². The first-order valence-corrected chi connectivity index (χ1v) is 12.2. The average Bonchev–Trinajstić information content (AvgIpc) is 2.86. The second-order valence-electron chi connectivity index (χ2n) is 7.54. The van der Waals surface area contributed by atoms with Crippen LogP contribution in [-0.2, 0) is 4.79 Å². The van der Waals surface area contributed by atoms with Gasteiger partial charge in [0.15, 0.2) is 5.78 Å². The molecule has 0 aliphatic heterocycles. The SMILES string of the molecule is O=C(C(c1ccccc1)C(Br)c1ccncc1)C(c1ccccc1)C(Br)c1ccncc1. The highest BCUT2D eigenvalue weighted by molar-refractivity contribution is 9.09. The molecule has 0 spiro atoms. The van der Waals surface area contributed by atoms with Crippen molar-refractivity contribution >= 4 is 37.6 Å². The van der Waals surface area contributed by atoms with Crippen molar-refractivity contribution in [2.24, 2.45) is 0 Å². The number of rotatable bonds is 8. The molecule has 0 aliphatic carbocycles. The van der Waals surface area contributed by atoms with Crippen LogP contribution in [0.3, 0.4) is 0 Å². The third-order valence-corrected chi connectivity index (χ3v) is 7.68. The third-order valence-electron chi connectivity index (χ3n) is 5.56. The first kappa shape index (κ1) is 22.6. The number of nitrogens with zero attached hydrogens (tertiary/aromatic N) is 2. The first-order valence-electron chi connectivity index (χ1n) is 10.4. The quantitative estimate of drug-likeness (QED) is 0.218. The molecule has 2 aromatic heterocycles. The number of carbonyl (C=O) groups excluding carboxylic acids is 1. The van der Waals surface area contributed by atoms with Crippen LogP contribution >= 0.6 is 31.9 Å². The van der Waals surface area contributed by atoms with E-state index in [1.54, 1.807) is 24.8 Å². The monoisotopic (exact) mass is 548 g/mol. The Kier molecular flexibility index (Phi) is 7.61. The van der Waals surface area contributed by atoms with E-state index in [4.69, 9.17) is 0 Å². The molecular weight excluding hydrogens is 528 g/mol. The Morgan fingerprint density at radius 3 is 1.22 bits per heavy atom. The summed E-state index contributed by atoms with van der Waals surface area (Å²) in [7, 11) is 0. The lowest BCUT2D eigenvalue weighted by Gasteiger charge is -2.30. The number of ketones is 1. The summed E-state index contributed by atoms with van der Waals surface area (Å²) in [5, 5.41) is 0. The van der Waals surface area contributed by atoms with Gasteiger partial charge in [-0.2, -0.15) is 0 Å². The number of hydrogen-bond donors (Lipinski definition) is 0. The number of hydrogen-bond acceptors (Lipinski definition) is 3. The Balaban J connectivity index is 1.81. The topological polar surface area (TPSA) is 42.9 Å². The molecule has 2 heterocycles. The smallest absolute Gasteiger partial charge is 0.150 e. The minimum Gasteiger partial charge on any atom is -0.298 e. The molecule has 4 aromatic rings. The van der Waals surface area contributed by atoms with Crippen LogP contribution in [0.15, 0.2) is 110 Å². The lowest BCUT2D eigenvalue weighted by molar-refractivity contribution is -0.122. The maximum absolute atomic E-state index is 14.4. The standard InChI is InChI=1S/C27H22Br2N2O/c28-25(21-11-15-30-16-12-21)23(19-7-3-1-4-8-19)27(32)24(20-9-5-2-6-10-20)26(29)22-13-17-31-18-14-22/h1-18,23-26H.